The Morgan fingerprint density at radius 3 is 1.19 bits per heavy atom. The molecule has 11 heterocycles. The number of aromatic nitrogens is 2. The van der Waals surface area contributed by atoms with Crippen LogP contribution in [-0.4, -0.2) is 342 Å². The van der Waals surface area contributed by atoms with Crippen molar-refractivity contribution in [3.05, 3.63) is 214 Å². The van der Waals surface area contributed by atoms with E-state index in [0.29, 0.717) is 69.6 Å². The number of benzene rings is 5. The molecule has 0 bridgehead atoms. The smallest absolute Gasteiger partial charge is 0.442 e. The second-order valence-corrected chi connectivity index (χ2v) is 57.6. The average Bonchev–Trinajstić information content (AvgIpc) is 1.59. The normalized spacial score (nSPS) is 20.1. The molecule has 51 heteroatoms. The number of pyridine rings is 2. The number of nitrogens with zero attached hydrogens (tertiary/aromatic N) is 13. The van der Waals surface area contributed by atoms with E-state index in [4.69, 9.17) is 51.3 Å². The van der Waals surface area contributed by atoms with E-state index in [2.05, 4.69) is 351 Å². The van der Waals surface area contributed by atoms with Crippen molar-refractivity contribution in [3.63, 3.8) is 0 Å². The zero-order valence-corrected chi connectivity index (χ0v) is 112. The second kappa shape index (κ2) is 73.4. The minimum Gasteiger partial charge on any atom is -0.442 e. The third-order valence-electron chi connectivity index (χ3n) is 26.4. The van der Waals surface area contributed by atoms with Crippen molar-refractivity contribution in [2.75, 3.05) is 211 Å². The van der Waals surface area contributed by atoms with Crippen LogP contribution in [0, 0.1) is 61.7 Å². The van der Waals surface area contributed by atoms with Crippen molar-refractivity contribution in [1.29, 1.82) is 0 Å². The summed E-state index contributed by atoms with van der Waals surface area (Å²) in [7, 11) is 13.0. The molecule has 0 saturated carbocycles. The molecule has 0 amide bonds. The first-order valence-electron chi connectivity index (χ1n) is 47.8. The molecule has 5 aromatic carbocycles. The Morgan fingerprint density at radius 1 is 0.507 bits per heavy atom. The summed E-state index contributed by atoms with van der Waals surface area (Å²) in [5, 5.41) is 34.6. The third-order valence-corrected chi connectivity index (χ3v) is 28.3. The number of likely N-dealkylation sites (N-methyl/N-ethyl adjacent to an activating group) is 5. The van der Waals surface area contributed by atoms with Crippen LogP contribution < -0.4 is 39.0 Å². The predicted octanol–water partition coefficient (Wildman–Crippen LogP) is 18.4. The first-order valence-corrected chi connectivity index (χ1v) is 60.8. The third kappa shape index (κ3) is 51.1. The Kier molecular flexibility index (Phi) is 72.0. The number of alkyl halides is 7. The maximum atomic E-state index is 14.1. The quantitative estimate of drug-likeness (QED) is 0.00733. The monoisotopic (exact) mass is 3150 g/mol. The van der Waals surface area contributed by atoms with E-state index in [1.54, 1.807) is 30.5 Å². The number of carbonyl (C=O) groups excluding carboxylic acids is 1. The molecule has 3 atom stereocenters. The van der Waals surface area contributed by atoms with E-state index in [1.807, 2.05) is 79.5 Å². The fraction of sp³-hybridized carbons (Fsp3) is 0.566. The van der Waals surface area contributed by atoms with Gasteiger partial charge in [0.1, 0.15) is 54.4 Å². The summed E-state index contributed by atoms with van der Waals surface area (Å²) in [6.07, 6.45) is 6.26. The molecule has 3 radical (unpaired) electrons. The van der Waals surface area contributed by atoms with Crippen LogP contribution in [-0.2, 0) is 86.6 Å². The molecule has 150 heavy (non-hydrogen) atoms. The molecule has 9 saturated heterocycles. The molecule has 0 spiro atoms. The molecule has 837 valence electrons. The standard InChI is InChI=1S/C18H28BFN2O2.C17H20FN5O2.C17H22FN5.C12H24B3O3.C12H16BrFN2.C7H4BrFO.C5H10BrN3O2.C5H12N2.CHI3.CH2I2.CH3I.CH2I.CH4O.CH3.2V/c1-17(2)18(3,4)24-19(23-17)15-10-14(11-16(20)12-15)13-22-8-6-21(5)7-9-22;1-21-2-4-22(5-3-21)11-12-6-13(8-14(18)7-12)15-9-20-10-16(17(15)19)23(24)25;1-22-2-4-23(5-3-22)11-12-6-13(8-14(18)7-12)15-9-21-10-16(19)17(15)20;1-9(2)10(3,4)16-14(13-9)15-17-11(5,6)12(7,8)18-15;1-15-2-4-16(5-3-15)9-10-6-11(13)8-12(14)7-10;8-6-1-5(4-10)2-7(9)3-6;6-3-1-8-2-4(5(3)7)9(10)11;1-7-4-2-6-3-5-7;2-1(3)4;2-1-3;3*1-2;;;/h10-12H,6-9,13H2,1-5H3;6-10H,2-5,11H2,1H3,(H2,19,20);6-10H,2-5,11,19H2,1H3,(H2,20,21);1-8H3;6-8H,2-5,9H2,1H3;1-4H;3-5,8H,1-2,7H2;6H,2-5H2,1H3;1H;1H2;1H3;1H2;2H,1H3;1H3;;/q;;;;;;;;;;;-1;;-1;;. The average molecular weight is 3150 g/mol. The molecule has 7 aromatic rings. The molecule has 30 nitrogen and oxygen atoms in total. The minimum atomic E-state index is -0.659. The molecule has 2 aromatic heterocycles. The van der Waals surface area contributed by atoms with Gasteiger partial charge in [-0.1, -0.05) is 203 Å². The van der Waals surface area contributed by atoms with Gasteiger partial charge in [0.25, 0.3) is 6.70 Å². The van der Waals surface area contributed by atoms with E-state index < -0.39 is 40.9 Å². The summed E-state index contributed by atoms with van der Waals surface area (Å²) in [5.41, 5.74) is 29.4. The molecule has 9 aliphatic heterocycles. The first kappa shape index (κ1) is 147. The number of aldehydes is 1. The van der Waals surface area contributed by atoms with Crippen molar-refractivity contribution in [2.24, 2.45) is 5.73 Å². The van der Waals surface area contributed by atoms with Gasteiger partial charge in [0, 0.05) is 261 Å². The zero-order valence-electron chi connectivity index (χ0n) is 89.7. The fourth-order valence-corrected chi connectivity index (χ4v) is 17.4. The number of nitrogens with two attached hydrogens (primary N) is 4. The number of aliphatic hydroxyl groups is 1. The van der Waals surface area contributed by atoms with E-state index in [9.17, 15) is 47.0 Å². The van der Waals surface area contributed by atoms with Crippen molar-refractivity contribution in [3.8, 4) is 22.3 Å². The number of nitro groups is 2. The number of halogens is 15. The molecule has 0 aliphatic carbocycles. The van der Waals surface area contributed by atoms with E-state index in [0.717, 1.165) is 183 Å². The number of rotatable bonds is 15. The number of nitrogens with one attached hydrogen (secondary N) is 2. The first-order chi connectivity index (χ1) is 69.0. The Hall–Kier alpha value is -0.821. The maximum Gasteiger partial charge on any atom is 0.494 e. The largest absolute Gasteiger partial charge is 0.494 e. The fourth-order valence-electron chi connectivity index (χ4n) is 15.8. The number of nitrogen functional groups attached to an aromatic ring is 3. The topological polar surface area (TPSA) is 353 Å². The number of hydrogen-bond acceptors (Lipinski definition) is 28. The van der Waals surface area contributed by atoms with Crippen LogP contribution in [0.1, 0.15) is 116 Å². The van der Waals surface area contributed by atoms with Crippen LogP contribution in [0.4, 0.5) is 44.7 Å². The van der Waals surface area contributed by atoms with Gasteiger partial charge in [-0.3, -0.25) is 59.5 Å². The van der Waals surface area contributed by atoms with Gasteiger partial charge in [0.05, 0.1) is 59.9 Å². The number of anilines is 3. The van der Waals surface area contributed by atoms with Gasteiger partial charge >= 0.3 is 19.8 Å². The van der Waals surface area contributed by atoms with Crippen LogP contribution in [0.5, 0.6) is 0 Å². The summed E-state index contributed by atoms with van der Waals surface area (Å²) in [6.45, 7) is 49.9. The van der Waals surface area contributed by atoms with Crippen LogP contribution in [0.15, 0.2) is 125 Å². The summed E-state index contributed by atoms with van der Waals surface area (Å²) in [4.78, 5) is 64.6. The zero-order chi connectivity index (χ0) is 111. The van der Waals surface area contributed by atoms with Gasteiger partial charge < -0.3 is 116 Å². The molecule has 9 fully saturated rings. The number of aliphatic hydroxyl groups excluding tert-OH is 1. The summed E-state index contributed by atoms with van der Waals surface area (Å²) in [5.74, 6) is -1.47. The Bertz CT molecular complexity index is 5020. The van der Waals surface area contributed by atoms with Crippen LogP contribution in [0.25, 0.3) is 22.3 Å². The molecule has 11 N–H and O–H groups in total. The summed E-state index contributed by atoms with van der Waals surface area (Å²) < 4.78 is 102. The SMILES string of the molecule is CC1(C)[B]B(B2OC(C)(C)C(C)(C)O2)OC1(C)C.CI.CN1CCN(Cc2cc(F)cc(-c3cncc(N)c3N)c2)CC1.CN1CCN(Cc2cc(F)cc(-c3cncc([N+](=O)[O-])c3N)c2)CC1.CN1CCN(Cc2cc(F)cc(B3OC(C)(C)C(C)(C)O3)c2)CC1.CN1CCN(Cc2cc(F)cc(Br)c2)CC1.CN1CCNCC1.CO.IC(I)I.ICI.NC1C(Br)CNCC1[N+](=O)[O-].O=Cc1cc(F)cc(Br)c1.[CH2-]I.[CH3-].[V].[V]. The number of piperazine rings is 5. The van der Waals surface area contributed by atoms with Gasteiger partial charge in [-0.2, -0.15) is 0 Å². The van der Waals surface area contributed by atoms with Crippen molar-refractivity contribution >= 4 is 268 Å². The summed E-state index contributed by atoms with van der Waals surface area (Å²) in [6, 6.07) is 22.9. The van der Waals surface area contributed by atoms with Gasteiger partial charge in [0.15, 0.2) is 0 Å². The summed E-state index contributed by atoms with van der Waals surface area (Å²) >= 11 is 25.2. The van der Waals surface area contributed by atoms with Crippen molar-refractivity contribution < 1.29 is 102 Å². The molecular formula is C99H151B4Br3F5I7N19O11V2-2. The minimum absolute atomic E-state index is 0. The van der Waals surface area contributed by atoms with Crippen molar-refractivity contribution in [1.82, 2.24) is 64.7 Å². The van der Waals surface area contributed by atoms with E-state index in [1.165, 1.54) is 70.4 Å². The van der Waals surface area contributed by atoms with Crippen LogP contribution in [0.3, 0.4) is 0 Å². The van der Waals surface area contributed by atoms with Gasteiger partial charge in [-0.25, -0.2) is 22.0 Å². The Morgan fingerprint density at radius 2 is 0.847 bits per heavy atom. The van der Waals surface area contributed by atoms with Gasteiger partial charge in [-0.15, -0.1) is 0 Å². The van der Waals surface area contributed by atoms with E-state index in [-0.39, 0.29) is 125 Å². The van der Waals surface area contributed by atoms with Crippen LogP contribution >= 0.6 is 206 Å². The molecule has 3 unspecified atom stereocenters. The van der Waals surface area contributed by atoms with Gasteiger partial charge in [-0.05, 0) is 238 Å². The Labute approximate surface area is 1030 Å². The predicted molar refractivity (Wildman–Crippen MR) is 670 cm³/mol. The van der Waals surface area contributed by atoms with Gasteiger partial charge in [0.2, 0.25) is 6.04 Å². The maximum absolute atomic E-state index is 14.1. The van der Waals surface area contributed by atoms with Crippen molar-refractivity contribution in [2.45, 2.75) is 159 Å². The number of piperidine rings is 1. The Balaban J connectivity index is 0.000000858. The molecule has 9 aliphatic rings. The molecule has 16 rings (SSSR count). The van der Waals surface area contributed by atoms with Crippen LogP contribution in [0.2, 0.25) is 5.31 Å². The number of carbonyl (C=O) groups is 1. The number of hydrogen-bond donors (Lipinski definition) is 7. The second-order valence-electron chi connectivity index (χ2n) is 39.3. The molecular weight excluding hydrogens is 3000 g/mol. The van der Waals surface area contributed by atoms with E-state index >= 15 is 0 Å².